The lowest BCUT2D eigenvalue weighted by Gasteiger charge is -2.06. The molecule has 6 heteroatoms. The zero-order valence-electron chi connectivity index (χ0n) is 11.6. The molecule has 0 saturated carbocycles. The molecule has 0 saturated heterocycles. The van der Waals surface area contributed by atoms with E-state index >= 15 is 0 Å². The highest BCUT2D eigenvalue weighted by atomic mass is 16.1. The molecule has 3 N–H and O–H groups in total. The molecule has 0 spiro atoms. The highest BCUT2D eigenvalue weighted by Gasteiger charge is 2.10. The summed E-state index contributed by atoms with van der Waals surface area (Å²) in [6, 6.07) is 3.51. The summed E-state index contributed by atoms with van der Waals surface area (Å²) in [5, 5.41) is 2.84. The van der Waals surface area contributed by atoms with Crippen LogP contribution in [0.4, 0.5) is 0 Å². The largest absolute Gasteiger partial charge is 0.351 e. The Hall–Kier alpha value is -2.65. The number of carbonyl (C=O) groups excluding carboxylic acids is 1. The van der Waals surface area contributed by atoms with Crippen LogP contribution < -0.4 is 11.1 Å². The van der Waals surface area contributed by atoms with Gasteiger partial charge in [0.1, 0.15) is 5.69 Å². The van der Waals surface area contributed by atoms with Gasteiger partial charge in [-0.1, -0.05) is 11.8 Å². The number of carbonyl (C=O) groups is 1. The minimum absolute atomic E-state index is 0.220. The summed E-state index contributed by atoms with van der Waals surface area (Å²) in [5.74, 6) is 5.37. The fourth-order valence-electron chi connectivity index (χ4n) is 1.80. The van der Waals surface area contributed by atoms with Crippen molar-refractivity contribution in [2.75, 3.05) is 13.1 Å². The van der Waals surface area contributed by atoms with E-state index in [-0.39, 0.29) is 12.5 Å². The maximum Gasteiger partial charge on any atom is 0.271 e. The van der Waals surface area contributed by atoms with Gasteiger partial charge in [0.2, 0.25) is 0 Å². The number of pyridine rings is 1. The van der Waals surface area contributed by atoms with Crippen LogP contribution in [0.1, 0.15) is 22.5 Å². The summed E-state index contributed by atoms with van der Waals surface area (Å²) in [6.07, 6.45) is 7.77. The van der Waals surface area contributed by atoms with E-state index in [2.05, 4.69) is 27.1 Å². The Morgan fingerprint density at radius 2 is 2.33 bits per heavy atom. The molecule has 0 fully saturated rings. The number of imidazole rings is 1. The second-order valence-corrected chi connectivity index (χ2v) is 4.32. The van der Waals surface area contributed by atoms with Gasteiger partial charge in [-0.2, -0.15) is 0 Å². The monoisotopic (exact) mass is 283 g/mol. The molecule has 0 aromatic carbocycles. The van der Waals surface area contributed by atoms with Gasteiger partial charge in [-0.15, -0.1) is 0 Å². The Labute approximate surface area is 123 Å². The molecule has 1 amide bonds. The SMILES string of the molecule is NCC#Cc1cccnc1C(=O)NCCCn1ccnc1. The standard InChI is InChI=1S/C15H17N5O/c16-6-1-4-13-5-2-7-18-14(13)15(21)19-8-3-10-20-11-9-17-12-20/h2,5,7,9,11-12H,3,6,8,10,16H2,(H,19,21). The molecule has 0 aliphatic carbocycles. The molecular formula is C15H17N5O. The molecule has 108 valence electrons. The number of hydrogen-bond donors (Lipinski definition) is 2. The third-order valence-electron chi connectivity index (χ3n) is 2.79. The third kappa shape index (κ3) is 4.44. The van der Waals surface area contributed by atoms with Crippen molar-refractivity contribution in [2.45, 2.75) is 13.0 Å². The lowest BCUT2D eigenvalue weighted by atomic mass is 10.2. The number of nitrogens with one attached hydrogen (secondary N) is 1. The van der Waals surface area contributed by atoms with E-state index < -0.39 is 0 Å². The van der Waals surface area contributed by atoms with E-state index in [1.54, 1.807) is 30.9 Å². The van der Waals surface area contributed by atoms with Crippen LogP contribution in [0.25, 0.3) is 0 Å². The van der Waals surface area contributed by atoms with Crippen LogP contribution in [-0.4, -0.2) is 33.5 Å². The van der Waals surface area contributed by atoms with Crippen molar-refractivity contribution in [2.24, 2.45) is 5.73 Å². The van der Waals surface area contributed by atoms with E-state index in [0.29, 0.717) is 17.8 Å². The quantitative estimate of drug-likeness (QED) is 0.614. The van der Waals surface area contributed by atoms with Gasteiger partial charge < -0.3 is 15.6 Å². The molecular weight excluding hydrogens is 266 g/mol. The third-order valence-corrected chi connectivity index (χ3v) is 2.79. The van der Waals surface area contributed by atoms with Gasteiger partial charge in [-0.05, 0) is 18.6 Å². The minimum atomic E-state index is -0.220. The van der Waals surface area contributed by atoms with Gasteiger partial charge >= 0.3 is 0 Å². The summed E-state index contributed by atoms with van der Waals surface area (Å²) < 4.78 is 1.96. The van der Waals surface area contributed by atoms with Gasteiger partial charge in [-0.3, -0.25) is 4.79 Å². The number of aromatic nitrogens is 3. The molecule has 0 radical (unpaired) electrons. The molecule has 21 heavy (non-hydrogen) atoms. The second-order valence-electron chi connectivity index (χ2n) is 4.32. The summed E-state index contributed by atoms with van der Waals surface area (Å²) >= 11 is 0. The van der Waals surface area contributed by atoms with Crippen molar-refractivity contribution in [3.63, 3.8) is 0 Å². The molecule has 2 rings (SSSR count). The molecule has 0 aliphatic heterocycles. The first kappa shape index (κ1) is 14.8. The van der Waals surface area contributed by atoms with Gasteiger partial charge in [0.05, 0.1) is 18.4 Å². The zero-order chi connectivity index (χ0) is 14.9. The number of rotatable bonds is 5. The van der Waals surface area contributed by atoms with Gasteiger partial charge in [-0.25, -0.2) is 9.97 Å². The number of nitrogens with two attached hydrogens (primary N) is 1. The fourth-order valence-corrected chi connectivity index (χ4v) is 1.80. The van der Waals surface area contributed by atoms with E-state index in [9.17, 15) is 4.79 Å². The molecule has 0 atom stereocenters. The highest BCUT2D eigenvalue weighted by molar-refractivity contribution is 5.94. The molecule has 0 bridgehead atoms. The van der Waals surface area contributed by atoms with Crippen molar-refractivity contribution in [1.29, 1.82) is 0 Å². The lowest BCUT2D eigenvalue weighted by Crippen LogP contribution is -2.26. The Morgan fingerprint density at radius 1 is 1.43 bits per heavy atom. The van der Waals surface area contributed by atoms with E-state index in [4.69, 9.17) is 5.73 Å². The Kier molecular flexibility index (Phi) is 5.50. The highest BCUT2D eigenvalue weighted by Crippen LogP contribution is 2.03. The van der Waals surface area contributed by atoms with Crippen molar-refractivity contribution in [3.8, 4) is 11.8 Å². The van der Waals surface area contributed by atoms with Gasteiger partial charge in [0, 0.05) is 31.7 Å². The van der Waals surface area contributed by atoms with Crippen LogP contribution in [0.15, 0.2) is 37.1 Å². The average Bonchev–Trinajstić information content (AvgIpc) is 3.03. The average molecular weight is 283 g/mol. The maximum absolute atomic E-state index is 12.1. The summed E-state index contributed by atoms with van der Waals surface area (Å²) in [5.41, 5.74) is 6.27. The topological polar surface area (TPSA) is 85.8 Å². The normalized spacial score (nSPS) is 9.76. The summed E-state index contributed by atoms with van der Waals surface area (Å²) in [7, 11) is 0. The number of nitrogens with zero attached hydrogens (tertiary/aromatic N) is 3. The van der Waals surface area contributed by atoms with Crippen molar-refractivity contribution in [1.82, 2.24) is 19.9 Å². The van der Waals surface area contributed by atoms with Crippen LogP contribution in [0, 0.1) is 11.8 Å². The number of hydrogen-bond acceptors (Lipinski definition) is 4. The molecule has 0 aliphatic rings. The van der Waals surface area contributed by atoms with Crippen molar-refractivity contribution >= 4 is 5.91 Å². The van der Waals surface area contributed by atoms with Crippen LogP contribution >= 0.6 is 0 Å². The first-order valence-electron chi connectivity index (χ1n) is 6.69. The van der Waals surface area contributed by atoms with Crippen LogP contribution in [0.2, 0.25) is 0 Å². The predicted molar refractivity (Wildman–Crippen MR) is 79.3 cm³/mol. The maximum atomic E-state index is 12.1. The van der Waals surface area contributed by atoms with Gasteiger partial charge in [0.25, 0.3) is 5.91 Å². The summed E-state index contributed by atoms with van der Waals surface area (Å²) in [6.45, 7) is 1.63. The fraction of sp³-hybridized carbons (Fsp3) is 0.267. The van der Waals surface area contributed by atoms with Gasteiger partial charge in [0.15, 0.2) is 0 Å². The van der Waals surface area contributed by atoms with Crippen LogP contribution in [-0.2, 0) is 6.54 Å². The second kappa shape index (κ2) is 7.82. The summed E-state index contributed by atoms with van der Waals surface area (Å²) in [4.78, 5) is 20.2. The zero-order valence-corrected chi connectivity index (χ0v) is 11.6. The molecule has 2 aromatic rings. The first-order valence-corrected chi connectivity index (χ1v) is 6.69. The van der Waals surface area contributed by atoms with Crippen LogP contribution in [0.5, 0.6) is 0 Å². The number of amides is 1. The predicted octanol–water partition coefficient (Wildman–Crippen LogP) is 0.408. The van der Waals surface area contributed by atoms with E-state index in [1.807, 2.05) is 10.8 Å². The smallest absolute Gasteiger partial charge is 0.271 e. The Bertz CT molecular complexity index is 640. The van der Waals surface area contributed by atoms with Crippen molar-refractivity contribution in [3.05, 3.63) is 48.3 Å². The molecule has 2 heterocycles. The minimum Gasteiger partial charge on any atom is -0.351 e. The van der Waals surface area contributed by atoms with E-state index in [1.165, 1.54) is 0 Å². The van der Waals surface area contributed by atoms with Crippen LogP contribution in [0.3, 0.4) is 0 Å². The first-order chi connectivity index (χ1) is 10.3. The molecule has 6 nitrogen and oxygen atoms in total. The molecule has 2 aromatic heterocycles. The number of aryl methyl sites for hydroxylation is 1. The Morgan fingerprint density at radius 3 is 3.10 bits per heavy atom. The lowest BCUT2D eigenvalue weighted by molar-refractivity contribution is 0.0947. The Balaban J connectivity index is 1.88. The van der Waals surface area contributed by atoms with E-state index in [0.717, 1.165) is 13.0 Å². The molecule has 0 unspecified atom stereocenters. The van der Waals surface area contributed by atoms with Crippen molar-refractivity contribution < 1.29 is 4.79 Å².